The van der Waals surface area contributed by atoms with Gasteiger partial charge in [-0.2, -0.15) is 0 Å². The summed E-state index contributed by atoms with van der Waals surface area (Å²) in [5.74, 6) is 2.11. The molecule has 0 saturated heterocycles. The zero-order valence-corrected chi connectivity index (χ0v) is 17.1. The maximum absolute atomic E-state index is 10.3. The third kappa shape index (κ3) is 3.48. The second-order valence-electron chi connectivity index (χ2n) is 6.47. The van der Waals surface area contributed by atoms with E-state index in [9.17, 15) is 5.11 Å². The second-order valence-corrected chi connectivity index (χ2v) is 7.33. The molecule has 0 fully saturated rings. The minimum absolute atomic E-state index is 0.157. The highest BCUT2D eigenvalue weighted by atomic mass is 79.9. The number of hydrogen-bond acceptors (Lipinski definition) is 5. The predicted molar refractivity (Wildman–Crippen MR) is 105 cm³/mol. The Balaban J connectivity index is 1.99. The summed E-state index contributed by atoms with van der Waals surface area (Å²) < 4.78 is 17.1. The van der Waals surface area contributed by atoms with Crippen LogP contribution in [-0.2, 0) is 12.8 Å². The van der Waals surface area contributed by atoms with E-state index < -0.39 is 0 Å². The SMILES string of the molecule is COc1cc2c(cc1O)C(Cc1cc(OC)c(OC)cc1Br)N([11CH3])CC2. The fraction of sp³-hybridized carbons (Fsp3) is 0.400. The van der Waals surface area contributed by atoms with Crippen LogP contribution in [0.5, 0.6) is 23.0 Å². The number of methoxy groups -OCH3 is 3. The number of ether oxygens (including phenoxy) is 3. The number of halogens is 1. The van der Waals surface area contributed by atoms with Gasteiger partial charge in [0.2, 0.25) is 0 Å². The maximum atomic E-state index is 10.3. The van der Waals surface area contributed by atoms with Crippen molar-refractivity contribution in [3.63, 3.8) is 0 Å². The van der Waals surface area contributed by atoms with Gasteiger partial charge in [0, 0.05) is 17.1 Å². The summed E-state index contributed by atoms with van der Waals surface area (Å²) in [5.41, 5.74) is 3.49. The third-order valence-electron chi connectivity index (χ3n) is 5.03. The number of benzene rings is 2. The summed E-state index contributed by atoms with van der Waals surface area (Å²) >= 11 is 3.65. The minimum Gasteiger partial charge on any atom is -0.504 e. The Bertz CT molecular complexity index is 809. The monoisotopic (exact) mass is 420 g/mol. The first-order valence-corrected chi connectivity index (χ1v) is 9.28. The molecule has 1 atom stereocenters. The zero-order valence-electron chi connectivity index (χ0n) is 15.5. The summed E-state index contributed by atoms with van der Waals surface area (Å²) in [4.78, 5) is 2.32. The Kier molecular flexibility index (Phi) is 5.63. The van der Waals surface area contributed by atoms with E-state index in [1.165, 1.54) is 5.56 Å². The summed E-state index contributed by atoms with van der Waals surface area (Å²) in [5, 5.41) is 10.3. The molecule has 6 heteroatoms. The predicted octanol–water partition coefficient (Wildman–Crippen LogP) is 3.95. The first kappa shape index (κ1) is 18.9. The van der Waals surface area contributed by atoms with Crippen molar-refractivity contribution in [2.75, 3.05) is 34.9 Å². The Morgan fingerprint density at radius 1 is 1.04 bits per heavy atom. The highest BCUT2D eigenvalue weighted by Gasteiger charge is 2.27. The lowest BCUT2D eigenvalue weighted by atomic mass is 9.87. The van der Waals surface area contributed by atoms with Gasteiger partial charge in [-0.1, -0.05) is 15.9 Å². The smallest absolute Gasteiger partial charge is 0.161 e. The molecule has 26 heavy (non-hydrogen) atoms. The number of aromatic hydroxyl groups is 1. The first-order valence-electron chi connectivity index (χ1n) is 8.48. The Morgan fingerprint density at radius 3 is 2.35 bits per heavy atom. The Labute approximate surface area is 162 Å². The fourth-order valence-electron chi connectivity index (χ4n) is 3.53. The van der Waals surface area contributed by atoms with E-state index in [1.807, 2.05) is 24.3 Å². The van der Waals surface area contributed by atoms with Crippen LogP contribution >= 0.6 is 15.9 Å². The molecule has 0 spiro atoms. The van der Waals surface area contributed by atoms with Gasteiger partial charge in [-0.25, -0.2) is 0 Å². The molecule has 1 heterocycles. The third-order valence-corrected chi connectivity index (χ3v) is 5.77. The van der Waals surface area contributed by atoms with Crippen LogP contribution in [0.25, 0.3) is 0 Å². The normalized spacial score (nSPS) is 16.9. The molecule has 0 aliphatic carbocycles. The van der Waals surface area contributed by atoms with Crippen LogP contribution in [0.1, 0.15) is 22.7 Å². The lowest BCUT2D eigenvalue weighted by Crippen LogP contribution is -2.33. The van der Waals surface area contributed by atoms with Crippen LogP contribution in [0.2, 0.25) is 0 Å². The number of rotatable bonds is 5. The van der Waals surface area contributed by atoms with E-state index in [0.717, 1.165) is 35.0 Å². The molecule has 3 rings (SSSR count). The van der Waals surface area contributed by atoms with E-state index in [2.05, 4.69) is 27.9 Å². The summed E-state index contributed by atoms with van der Waals surface area (Å²) in [6, 6.07) is 7.89. The number of likely N-dealkylation sites (N-methyl/N-ethyl adjacent to an activating group) is 1. The molecular formula is C20H24BrNO4. The number of nitrogens with zero attached hydrogens (tertiary/aromatic N) is 1. The lowest BCUT2D eigenvalue weighted by Gasteiger charge is -2.35. The molecule has 140 valence electrons. The van der Waals surface area contributed by atoms with Crippen LogP contribution in [0, 0.1) is 0 Å². The maximum Gasteiger partial charge on any atom is 0.161 e. The number of hydrogen-bond donors (Lipinski definition) is 1. The molecule has 5 nitrogen and oxygen atoms in total. The van der Waals surface area contributed by atoms with Crippen molar-refractivity contribution in [1.82, 2.24) is 4.90 Å². The van der Waals surface area contributed by atoms with Gasteiger partial charge in [0.05, 0.1) is 21.3 Å². The van der Waals surface area contributed by atoms with Gasteiger partial charge in [-0.05, 0) is 60.8 Å². The van der Waals surface area contributed by atoms with E-state index in [-0.39, 0.29) is 11.8 Å². The Morgan fingerprint density at radius 2 is 1.69 bits per heavy atom. The van der Waals surface area contributed by atoms with Crippen molar-refractivity contribution < 1.29 is 19.3 Å². The average molecular weight is 421 g/mol. The lowest BCUT2D eigenvalue weighted by molar-refractivity contribution is 0.227. The quantitative estimate of drug-likeness (QED) is 0.793. The molecule has 0 radical (unpaired) electrons. The van der Waals surface area contributed by atoms with Crippen molar-refractivity contribution >= 4 is 15.9 Å². The van der Waals surface area contributed by atoms with Gasteiger partial charge in [-0.3, -0.25) is 4.90 Å². The van der Waals surface area contributed by atoms with E-state index in [0.29, 0.717) is 17.2 Å². The van der Waals surface area contributed by atoms with E-state index in [1.54, 1.807) is 21.3 Å². The molecule has 1 unspecified atom stereocenters. The van der Waals surface area contributed by atoms with Crippen molar-refractivity contribution in [3.05, 3.63) is 45.4 Å². The van der Waals surface area contributed by atoms with Gasteiger partial charge >= 0.3 is 0 Å². The topological polar surface area (TPSA) is 51.2 Å². The highest BCUT2D eigenvalue weighted by molar-refractivity contribution is 9.10. The standard InChI is InChI=1S/C20H24BrNO4/c1-22-6-5-12-8-18(24-2)17(23)10-14(12)16(22)7-13-9-19(25-3)20(26-4)11-15(13)21/h8-11,16,23H,5-7H2,1-4H3/i1-1. The molecule has 1 aliphatic rings. The summed E-state index contributed by atoms with van der Waals surface area (Å²) in [6.45, 7) is 0.955. The molecule has 0 saturated carbocycles. The van der Waals surface area contributed by atoms with E-state index >= 15 is 0 Å². The summed E-state index contributed by atoms with van der Waals surface area (Å²) in [7, 11) is 6.96. The molecule has 2 aromatic carbocycles. The van der Waals surface area contributed by atoms with Crippen molar-refractivity contribution in [2.45, 2.75) is 18.9 Å². The average Bonchev–Trinajstić information content (AvgIpc) is 2.64. The van der Waals surface area contributed by atoms with Gasteiger partial charge in [0.25, 0.3) is 0 Å². The minimum atomic E-state index is 0.157. The second kappa shape index (κ2) is 7.76. The molecule has 0 bridgehead atoms. The fourth-order valence-corrected chi connectivity index (χ4v) is 4.02. The molecule has 0 amide bonds. The van der Waals surface area contributed by atoms with Crippen LogP contribution < -0.4 is 14.2 Å². The van der Waals surface area contributed by atoms with Crippen molar-refractivity contribution in [3.8, 4) is 23.0 Å². The largest absolute Gasteiger partial charge is 0.504 e. The number of phenolic OH excluding ortho intramolecular Hbond substituents is 1. The van der Waals surface area contributed by atoms with E-state index in [4.69, 9.17) is 14.2 Å². The molecule has 1 N–H and O–H groups in total. The van der Waals surface area contributed by atoms with Crippen molar-refractivity contribution in [1.29, 1.82) is 0 Å². The van der Waals surface area contributed by atoms with Gasteiger partial charge in [-0.15, -0.1) is 0 Å². The first-order chi connectivity index (χ1) is 12.5. The molecule has 0 aromatic heterocycles. The van der Waals surface area contributed by atoms with Crippen LogP contribution in [0.3, 0.4) is 0 Å². The van der Waals surface area contributed by atoms with Crippen LogP contribution in [-0.4, -0.2) is 44.9 Å². The van der Waals surface area contributed by atoms with Crippen molar-refractivity contribution in [2.24, 2.45) is 0 Å². The molecular weight excluding hydrogens is 397 g/mol. The van der Waals surface area contributed by atoms with Gasteiger partial charge < -0.3 is 19.3 Å². The van der Waals surface area contributed by atoms with Gasteiger partial charge in [0.15, 0.2) is 23.0 Å². The number of fused-ring (bicyclic) bond motifs is 1. The molecule has 2 aromatic rings. The highest BCUT2D eigenvalue weighted by Crippen LogP contribution is 2.41. The van der Waals surface area contributed by atoms with Gasteiger partial charge in [0.1, 0.15) is 0 Å². The summed E-state index contributed by atoms with van der Waals surface area (Å²) in [6.07, 6.45) is 1.72. The number of phenols is 1. The molecule has 1 aliphatic heterocycles. The Hall–Kier alpha value is -1.92. The van der Waals surface area contributed by atoms with Crippen LogP contribution in [0.15, 0.2) is 28.7 Å². The zero-order chi connectivity index (χ0) is 18.8. The van der Waals surface area contributed by atoms with Crippen LogP contribution in [0.4, 0.5) is 0 Å².